The molecule has 0 aliphatic carbocycles. The lowest BCUT2D eigenvalue weighted by molar-refractivity contribution is -0.135. The summed E-state index contributed by atoms with van der Waals surface area (Å²) in [7, 11) is 0. The molecule has 4 N–H and O–H groups in total. The second-order valence-electron chi connectivity index (χ2n) is 5.85. The summed E-state index contributed by atoms with van der Waals surface area (Å²) in [4.78, 5) is 34.2. The van der Waals surface area contributed by atoms with E-state index in [1.807, 2.05) is 32.0 Å². The predicted molar refractivity (Wildman–Crippen MR) is 99.4 cm³/mol. The molecule has 0 fully saturated rings. The number of benzene rings is 2. The van der Waals surface area contributed by atoms with Crippen LogP contribution >= 0.6 is 0 Å². The molecule has 2 aromatic rings. The molecule has 0 bridgehead atoms. The Labute approximate surface area is 151 Å². The van der Waals surface area contributed by atoms with Crippen LogP contribution < -0.4 is 16.0 Å². The Balaban J connectivity index is 1.85. The average molecular weight is 355 g/mol. The van der Waals surface area contributed by atoms with Crippen LogP contribution in [0.2, 0.25) is 0 Å². The molecule has 136 valence electrons. The molecule has 0 unspecified atom stereocenters. The van der Waals surface area contributed by atoms with Gasteiger partial charge in [-0.2, -0.15) is 0 Å². The summed E-state index contributed by atoms with van der Waals surface area (Å²) in [5, 5.41) is 16.6. The van der Waals surface area contributed by atoms with Gasteiger partial charge in [-0.25, -0.2) is 0 Å². The molecule has 0 aliphatic rings. The fourth-order valence-corrected chi connectivity index (χ4v) is 2.20. The quantitative estimate of drug-likeness (QED) is 0.609. The first-order valence-corrected chi connectivity index (χ1v) is 8.06. The Morgan fingerprint density at radius 3 is 2.15 bits per heavy atom. The Morgan fingerprint density at radius 2 is 1.54 bits per heavy atom. The van der Waals surface area contributed by atoms with E-state index in [0.717, 1.165) is 11.3 Å². The van der Waals surface area contributed by atoms with Crippen molar-refractivity contribution in [3.8, 4) is 0 Å². The molecule has 0 heterocycles. The Morgan fingerprint density at radius 1 is 0.885 bits per heavy atom. The van der Waals surface area contributed by atoms with Crippen LogP contribution in [0.1, 0.15) is 21.5 Å². The SMILES string of the molecule is Cc1ccc(NCC(=O)Nc2ccc(C(=O)NCC(=O)O)cc2)cc1C. The highest BCUT2D eigenvalue weighted by atomic mass is 16.4. The second kappa shape index (κ2) is 8.66. The van der Waals surface area contributed by atoms with Gasteiger partial charge in [-0.3, -0.25) is 14.4 Å². The van der Waals surface area contributed by atoms with Crippen LogP contribution in [-0.2, 0) is 9.59 Å². The van der Waals surface area contributed by atoms with E-state index < -0.39 is 18.4 Å². The maximum absolute atomic E-state index is 12.0. The van der Waals surface area contributed by atoms with E-state index in [0.29, 0.717) is 11.3 Å². The normalized spacial score (nSPS) is 10.1. The Hall–Kier alpha value is -3.35. The summed E-state index contributed by atoms with van der Waals surface area (Å²) in [6.45, 7) is 3.71. The Kier molecular flexibility index (Phi) is 6.32. The number of carboxylic acids is 1. The number of aliphatic carboxylic acids is 1. The lowest BCUT2D eigenvalue weighted by atomic mass is 10.1. The number of carbonyl (C=O) groups excluding carboxylic acids is 2. The molecule has 0 spiro atoms. The van der Waals surface area contributed by atoms with Gasteiger partial charge in [0, 0.05) is 16.9 Å². The van der Waals surface area contributed by atoms with Gasteiger partial charge in [-0.05, 0) is 61.4 Å². The summed E-state index contributed by atoms with van der Waals surface area (Å²) in [5.74, 6) is -1.81. The van der Waals surface area contributed by atoms with Gasteiger partial charge in [0.05, 0.1) is 6.54 Å². The molecule has 2 amide bonds. The molecule has 0 saturated heterocycles. The van der Waals surface area contributed by atoms with Crippen LogP contribution in [0.15, 0.2) is 42.5 Å². The molecule has 0 atom stereocenters. The first-order chi connectivity index (χ1) is 12.3. The minimum absolute atomic E-state index is 0.114. The summed E-state index contributed by atoms with van der Waals surface area (Å²) < 4.78 is 0. The first kappa shape index (κ1) is 19.0. The lowest BCUT2D eigenvalue weighted by Gasteiger charge is -2.10. The van der Waals surface area contributed by atoms with E-state index in [1.165, 1.54) is 17.7 Å². The number of amides is 2. The minimum atomic E-state index is -1.11. The molecule has 7 heteroatoms. The number of hydrogen-bond acceptors (Lipinski definition) is 4. The third kappa shape index (κ3) is 5.62. The minimum Gasteiger partial charge on any atom is -0.480 e. The number of aryl methyl sites for hydroxylation is 2. The van der Waals surface area contributed by atoms with Crippen LogP contribution in [0, 0.1) is 13.8 Å². The van der Waals surface area contributed by atoms with Gasteiger partial charge in [0.15, 0.2) is 0 Å². The van der Waals surface area contributed by atoms with Gasteiger partial charge in [0.1, 0.15) is 6.54 Å². The topological polar surface area (TPSA) is 108 Å². The maximum Gasteiger partial charge on any atom is 0.322 e. The second-order valence-corrected chi connectivity index (χ2v) is 5.85. The number of nitrogens with one attached hydrogen (secondary N) is 3. The standard InChI is InChI=1S/C19H21N3O4/c1-12-3-6-16(9-13(12)2)20-10-17(23)22-15-7-4-14(5-8-15)19(26)21-11-18(24)25/h3-9,20H,10-11H2,1-2H3,(H,21,26)(H,22,23)(H,24,25). The van der Waals surface area contributed by atoms with Gasteiger partial charge in [-0.1, -0.05) is 6.07 Å². The summed E-state index contributed by atoms with van der Waals surface area (Å²) in [6, 6.07) is 12.1. The molecule has 0 aromatic heterocycles. The van der Waals surface area contributed by atoms with Gasteiger partial charge in [-0.15, -0.1) is 0 Å². The molecule has 0 radical (unpaired) electrons. The van der Waals surface area contributed by atoms with Gasteiger partial charge in [0.2, 0.25) is 5.91 Å². The molecule has 26 heavy (non-hydrogen) atoms. The lowest BCUT2D eigenvalue weighted by Crippen LogP contribution is -2.29. The zero-order chi connectivity index (χ0) is 19.1. The van der Waals surface area contributed by atoms with Crippen molar-refractivity contribution in [3.63, 3.8) is 0 Å². The maximum atomic E-state index is 12.0. The van der Waals surface area contributed by atoms with E-state index in [9.17, 15) is 14.4 Å². The van der Waals surface area contributed by atoms with E-state index >= 15 is 0 Å². The Bertz CT molecular complexity index is 816. The molecule has 2 aromatic carbocycles. The molecular formula is C19H21N3O4. The first-order valence-electron chi connectivity index (χ1n) is 8.06. The third-order valence-electron chi connectivity index (χ3n) is 3.79. The van der Waals surface area contributed by atoms with Crippen LogP contribution in [0.3, 0.4) is 0 Å². The van der Waals surface area contributed by atoms with E-state index in [4.69, 9.17) is 5.11 Å². The molecular weight excluding hydrogens is 334 g/mol. The molecule has 2 rings (SSSR count). The highest BCUT2D eigenvalue weighted by molar-refractivity contribution is 5.97. The third-order valence-corrected chi connectivity index (χ3v) is 3.79. The zero-order valence-corrected chi connectivity index (χ0v) is 14.6. The van der Waals surface area contributed by atoms with E-state index in [-0.39, 0.29) is 12.5 Å². The van der Waals surface area contributed by atoms with Crippen molar-refractivity contribution in [1.82, 2.24) is 5.32 Å². The van der Waals surface area contributed by atoms with Crippen LogP contribution in [0.5, 0.6) is 0 Å². The van der Waals surface area contributed by atoms with Crippen molar-refractivity contribution in [2.24, 2.45) is 0 Å². The van der Waals surface area contributed by atoms with E-state index in [2.05, 4.69) is 16.0 Å². The largest absolute Gasteiger partial charge is 0.480 e. The van der Waals surface area contributed by atoms with Gasteiger partial charge < -0.3 is 21.1 Å². The highest BCUT2D eigenvalue weighted by Crippen LogP contribution is 2.14. The fourth-order valence-electron chi connectivity index (χ4n) is 2.20. The number of carbonyl (C=O) groups is 3. The number of anilines is 2. The average Bonchev–Trinajstić information content (AvgIpc) is 2.61. The molecule has 7 nitrogen and oxygen atoms in total. The number of carboxylic acid groups (broad SMARTS) is 1. The summed E-state index contributed by atoms with van der Waals surface area (Å²) in [5.41, 5.74) is 4.07. The van der Waals surface area contributed by atoms with Crippen molar-refractivity contribution in [3.05, 3.63) is 59.2 Å². The van der Waals surface area contributed by atoms with Crippen molar-refractivity contribution in [2.75, 3.05) is 23.7 Å². The number of rotatable bonds is 7. The zero-order valence-electron chi connectivity index (χ0n) is 14.6. The van der Waals surface area contributed by atoms with Crippen LogP contribution in [-0.4, -0.2) is 36.0 Å². The van der Waals surface area contributed by atoms with Crippen LogP contribution in [0.25, 0.3) is 0 Å². The smallest absolute Gasteiger partial charge is 0.322 e. The van der Waals surface area contributed by atoms with Gasteiger partial charge in [0.25, 0.3) is 5.91 Å². The van der Waals surface area contributed by atoms with E-state index in [1.54, 1.807) is 12.1 Å². The van der Waals surface area contributed by atoms with Crippen molar-refractivity contribution in [2.45, 2.75) is 13.8 Å². The number of hydrogen-bond donors (Lipinski definition) is 4. The highest BCUT2D eigenvalue weighted by Gasteiger charge is 2.08. The predicted octanol–water partition coefficient (Wildman–Crippen LogP) is 2.17. The van der Waals surface area contributed by atoms with Crippen molar-refractivity contribution in [1.29, 1.82) is 0 Å². The summed E-state index contributed by atoms with van der Waals surface area (Å²) in [6.07, 6.45) is 0. The molecule has 0 aliphatic heterocycles. The molecule has 0 saturated carbocycles. The monoisotopic (exact) mass is 355 g/mol. The van der Waals surface area contributed by atoms with Crippen molar-refractivity contribution < 1.29 is 19.5 Å². The fraction of sp³-hybridized carbons (Fsp3) is 0.211. The van der Waals surface area contributed by atoms with Crippen molar-refractivity contribution >= 4 is 29.2 Å². The van der Waals surface area contributed by atoms with Gasteiger partial charge >= 0.3 is 5.97 Å². The van der Waals surface area contributed by atoms with Crippen LogP contribution in [0.4, 0.5) is 11.4 Å². The summed E-state index contributed by atoms with van der Waals surface area (Å²) >= 11 is 0.